The van der Waals surface area contributed by atoms with Crippen molar-refractivity contribution in [3.63, 3.8) is 0 Å². The number of carboxylic acid groups (broad SMARTS) is 1. The molecule has 20 heavy (non-hydrogen) atoms. The summed E-state index contributed by atoms with van der Waals surface area (Å²) >= 11 is 3.15. The van der Waals surface area contributed by atoms with Gasteiger partial charge in [0, 0.05) is 15.7 Å². The van der Waals surface area contributed by atoms with Gasteiger partial charge in [-0.2, -0.15) is 0 Å². The van der Waals surface area contributed by atoms with Gasteiger partial charge in [-0.1, -0.05) is 39.7 Å². The average Bonchev–Trinajstić information content (AvgIpc) is 2.39. The largest absolute Gasteiger partial charge is 0.479 e. The normalized spacial score (nSPS) is 11.9. The lowest BCUT2D eigenvalue weighted by Gasteiger charge is -2.17. The van der Waals surface area contributed by atoms with Gasteiger partial charge in [0.1, 0.15) is 5.82 Å². The van der Waals surface area contributed by atoms with Crippen molar-refractivity contribution in [2.24, 2.45) is 0 Å². The molecule has 0 aromatic heterocycles. The van der Waals surface area contributed by atoms with E-state index < -0.39 is 17.8 Å². The first-order chi connectivity index (χ1) is 9.47. The van der Waals surface area contributed by atoms with Gasteiger partial charge >= 0.3 is 5.97 Å². The van der Waals surface area contributed by atoms with Crippen LogP contribution in [0, 0.1) is 12.7 Å². The number of hydrogen-bond donors (Lipinski definition) is 2. The molecular formula is C15H13BrFNO2. The van der Waals surface area contributed by atoms with Crippen molar-refractivity contribution in [3.8, 4) is 0 Å². The van der Waals surface area contributed by atoms with E-state index in [4.69, 9.17) is 0 Å². The molecular weight excluding hydrogens is 325 g/mol. The van der Waals surface area contributed by atoms with E-state index in [1.54, 1.807) is 18.2 Å². The number of benzene rings is 2. The van der Waals surface area contributed by atoms with Gasteiger partial charge < -0.3 is 10.4 Å². The molecule has 0 fully saturated rings. The molecule has 2 aromatic rings. The van der Waals surface area contributed by atoms with Gasteiger partial charge in [-0.25, -0.2) is 9.18 Å². The van der Waals surface area contributed by atoms with Crippen molar-refractivity contribution >= 4 is 27.6 Å². The zero-order valence-electron chi connectivity index (χ0n) is 10.7. The van der Waals surface area contributed by atoms with Crippen molar-refractivity contribution in [2.45, 2.75) is 13.0 Å². The highest BCUT2D eigenvalue weighted by Gasteiger charge is 2.23. The van der Waals surface area contributed by atoms with E-state index in [1.807, 2.05) is 19.1 Å². The standard InChI is InChI=1S/C15H13BrFNO2/c1-9-2-5-11(6-3-9)18-14(15(19)20)12-7-4-10(16)8-13(12)17/h2-8,14,18H,1H3,(H,19,20). The molecule has 0 heterocycles. The minimum atomic E-state index is -1.13. The molecule has 0 spiro atoms. The van der Waals surface area contributed by atoms with Crippen LogP contribution in [0.15, 0.2) is 46.9 Å². The number of halogens is 2. The molecule has 2 rings (SSSR count). The Kier molecular flexibility index (Phi) is 4.39. The van der Waals surface area contributed by atoms with Crippen molar-refractivity contribution < 1.29 is 14.3 Å². The fourth-order valence-corrected chi connectivity index (χ4v) is 2.16. The highest BCUT2D eigenvalue weighted by molar-refractivity contribution is 9.10. The predicted molar refractivity (Wildman–Crippen MR) is 79.3 cm³/mol. The Hall–Kier alpha value is -1.88. The number of hydrogen-bond acceptors (Lipinski definition) is 2. The average molecular weight is 338 g/mol. The predicted octanol–water partition coefficient (Wildman–Crippen LogP) is 4.13. The van der Waals surface area contributed by atoms with Crippen LogP contribution in [0.2, 0.25) is 0 Å². The van der Waals surface area contributed by atoms with E-state index >= 15 is 0 Å². The molecule has 0 radical (unpaired) electrons. The van der Waals surface area contributed by atoms with Crippen LogP contribution in [0.5, 0.6) is 0 Å². The summed E-state index contributed by atoms with van der Waals surface area (Å²) in [4.78, 5) is 11.4. The minimum absolute atomic E-state index is 0.0984. The number of anilines is 1. The Balaban J connectivity index is 2.31. The van der Waals surface area contributed by atoms with Crippen LogP contribution in [-0.2, 0) is 4.79 Å². The van der Waals surface area contributed by atoms with Crippen molar-refractivity contribution in [1.82, 2.24) is 0 Å². The summed E-state index contributed by atoms with van der Waals surface area (Å²) in [6.07, 6.45) is 0. The summed E-state index contributed by atoms with van der Waals surface area (Å²) in [5.74, 6) is -1.70. The third-order valence-corrected chi connectivity index (χ3v) is 3.38. The summed E-state index contributed by atoms with van der Waals surface area (Å²) in [7, 11) is 0. The molecule has 2 aromatic carbocycles. The smallest absolute Gasteiger partial charge is 0.330 e. The van der Waals surface area contributed by atoms with E-state index in [9.17, 15) is 14.3 Å². The quantitative estimate of drug-likeness (QED) is 0.881. The van der Waals surface area contributed by atoms with Crippen LogP contribution in [0.3, 0.4) is 0 Å². The zero-order chi connectivity index (χ0) is 14.7. The lowest BCUT2D eigenvalue weighted by molar-refractivity contribution is -0.138. The van der Waals surface area contributed by atoms with E-state index in [0.29, 0.717) is 10.2 Å². The second-order valence-corrected chi connectivity index (χ2v) is 5.36. The molecule has 0 amide bonds. The summed E-state index contributed by atoms with van der Waals surface area (Å²) in [6, 6.07) is 10.4. The molecule has 0 bridgehead atoms. The number of carbonyl (C=O) groups is 1. The number of aryl methyl sites for hydroxylation is 1. The summed E-state index contributed by atoms with van der Waals surface area (Å²) in [5, 5.41) is 12.1. The first kappa shape index (κ1) is 14.5. The minimum Gasteiger partial charge on any atom is -0.479 e. The van der Waals surface area contributed by atoms with Gasteiger partial charge in [0.2, 0.25) is 0 Å². The van der Waals surface area contributed by atoms with Crippen LogP contribution in [0.4, 0.5) is 10.1 Å². The molecule has 2 N–H and O–H groups in total. The van der Waals surface area contributed by atoms with Crippen LogP contribution < -0.4 is 5.32 Å². The maximum absolute atomic E-state index is 13.9. The maximum Gasteiger partial charge on any atom is 0.330 e. The topological polar surface area (TPSA) is 49.3 Å². The third kappa shape index (κ3) is 3.36. The number of carboxylic acids is 1. The summed E-state index contributed by atoms with van der Waals surface area (Å²) < 4.78 is 14.5. The monoisotopic (exact) mass is 337 g/mol. The second-order valence-electron chi connectivity index (χ2n) is 4.45. The van der Waals surface area contributed by atoms with Crippen molar-refractivity contribution in [3.05, 3.63) is 63.9 Å². The highest BCUT2D eigenvalue weighted by Crippen LogP contribution is 2.25. The van der Waals surface area contributed by atoms with E-state index in [0.717, 1.165) is 5.56 Å². The second kappa shape index (κ2) is 6.05. The van der Waals surface area contributed by atoms with Gasteiger partial charge in [0.05, 0.1) is 0 Å². The molecule has 0 aliphatic rings. The van der Waals surface area contributed by atoms with Crippen LogP contribution in [0.1, 0.15) is 17.2 Å². The van der Waals surface area contributed by atoms with Crippen LogP contribution in [-0.4, -0.2) is 11.1 Å². The van der Waals surface area contributed by atoms with Gasteiger partial charge in [0.25, 0.3) is 0 Å². The summed E-state index contributed by atoms with van der Waals surface area (Å²) in [5.41, 5.74) is 1.80. The van der Waals surface area contributed by atoms with Crippen molar-refractivity contribution in [2.75, 3.05) is 5.32 Å². The fourth-order valence-electron chi connectivity index (χ4n) is 1.82. The lowest BCUT2D eigenvalue weighted by Crippen LogP contribution is -2.21. The van der Waals surface area contributed by atoms with E-state index in [1.165, 1.54) is 12.1 Å². The maximum atomic E-state index is 13.9. The molecule has 0 saturated carbocycles. The van der Waals surface area contributed by atoms with Gasteiger partial charge in [-0.3, -0.25) is 0 Å². The highest BCUT2D eigenvalue weighted by atomic mass is 79.9. The molecule has 1 unspecified atom stereocenters. The lowest BCUT2D eigenvalue weighted by atomic mass is 10.1. The van der Waals surface area contributed by atoms with Gasteiger partial charge in [-0.15, -0.1) is 0 Å². The molecule has 0 aliphatic carbocycles. The third-order valence-electron chi connectivity index (χ3n) is 2.88. The van der Waals surface area contributed by atoms with Crippen molar-refractivity contribution in [1.29, 1.82) is 0 Å². The van der Waals surface area contributed by atoms with E-state index in [2.05, 4.69) is 21.2 Å². The van der Waals surface area contributed by atoms with Crippen LogP contribution >= 0.6 is 15.9 Å². The molecule has 0 saturated heterocycles. The van der Waals surface area contributed by atoms with Gasteiger partial charge in [-0.05, 0) is 31.2 Å². The number of aliphatic carboxylic acids is 1. The number of nitrogens with one attached hydrogen (secondary N) is 1. The fraction of sp³-hybridized carbons (Fsp3) is 0.133. The molecule has 3 nitrogen and oxygen atoms in total. The first-order valence-corrected chi connectivity index (χ1v) is 6.77. The summed E-state index contributed by atoms with van der Waals surface area (Å²) in [6.45, 7) is 1.94. The Labute approximate surface area is 124 Å². The first-order valence-electron chi connectivity index (χ1n) is 5.98. The Bertz CT molecular complexity index is 628. The SMILES string of the molecule is Cc1ccc(NC(C(=O)O)c2ccc(Br)cc2F)cc1. The molecule has 5 heteroatoms. The number of rotatable bonds is 4. The van der Waals surface area contributed by atoms with Crippen LogP contribution in [0.25, 0.3) is 0 Å². The van der Waals surface area contributed by atoms with Gasteiger partial charge in [0.15, 0.2) is 6.04 Å². The zero-order valence-corrected chi connectivity index (χ0v) is 12.3. The Morgan fingerprint density at radius 2 is 1.90 bits per heavy atom. The Morgan fingerprint density at radius 3 is 2.45 bits per heavy atom. The molecule has 1 atom stereocenters. The molecule has 104 valence electrons. The molecule has 0 aliphatic heterocycles. The van der Waals surface area contributed by atoms with E-state index in [-0.39, 0.29) is 5.56 Å². The Morgan fingerprint density at radius 1 is 1.25 bits per heavy atom.